The van der Waals surface area contributed by atoms with Crippen LogP contribution >= 0.6 is 0 Å². The van der Waals surface area contributed by atoms with Gasteiger partial charge in [0.25, 0.3) is 5.91 Å². The number of hydrogen-bond donors (Lipinski definition) is 3. The van der Waals surface area contributed by atoms with Gasteiger partial charge in [-0.05, 0) is 73.9 Å². The molecule has 5 nitrogen and oxygen atoms in total. The molecular formula is C25H31N3O2. The van der Waals surface area contributed by atoms with Crippen LogP contribution in [0.4, 0.5) is 0 Å². The number of rotatable bonds is 3. The van der Waals surface area contributed by atoms with Crippen LogP contribution in [-0.2, 0) is 6.42 Å². The molecule has 2 aromatic carbocycles. The van der Waals surface area contributed by atoms with Gasteiger partial charge in [-0.3, -0.25) is 9.69 Å². The Hall–Kier alpha value is -2.37. The molecule has 5 rings (SSSR count). The van der Waals surface area contributed by atoms with Crippen LogP contribution in [0.5, 0.6) is 5.75 Å². The van der Waals surface area contributed by atoms with Crippen LogP contribution in [0.25, 0.3) is 0 Å². The number of benzene rings is 2. The smallest absolute Gasteiger partial charge is 0.252 e. The quantitative estimate of drug-likeness (QED) is 0.731. The number of nitrogens with zero attached hydrogens (tertiary/aromatic N) is 1. The molecule has 2 saturated heterocycles. The van der Waals surface area contributed by atoms with E-state index in [2.05, 4.69) is 15.5 Å². The largest absolute Gasteiger partial charge is 0.508 e. The summed E-state index contributed by atoms with van der Waals surface area (Å²) in [6.07, 6.45) is 4.48. The highest BCUT2D eigenvalue weighted by molar-refractivity contribution is 5.97. The molecule has 3 aliphatic rings. The van der Waals surface area contributed by atoms with Crippen molar-refractivity contribution in [2.24, 2.45) is 5.92 Å². The number of hydrogen-bond acceptors (Lipinski definition) is 4. The van der Waals surface area contributed by atoms with Gasteiger partial charge < -0.3 is 15.7 Å². The second-order valence-electron chi connectivity index (χ2n) is 9.13. The molecule has 2 aromatic rings. The molecular weight excluding hydrogens is 374 g/mol. The highest BCUT2D eigenvalue weighted by atomic mass is 16.3. The Balaban J connectivity index is 1.45. The predicted octanol–water partition coefficient (Wildman–Crippen LogP) is 3.55. The third kappa shape index (κ3) is 3.61. The second kappa shape index (κ2) is 8.05. The van der Waals surface area contributed by atoms with Crippen LogP contribution in [-0.4, -0.2) is 41.6 Å². The topological polar surface area (TPSA) is 64.6 Å². The van der Waals surface area contributed by atoms with E-state index in [4.69, 9.17) is 0 Å². The maximum Gasteiger partial charge on any atom is 0.252 e. The van der Waals surface area contributed by atoms with Crippen LogP contribution in [0.2, 0.25) is 0 Å². The highest BCUT2D eigenvalue weighted by Crippen LogP contribution is 2.43. The van der Waals surface area contributed by atoms with E-state index in [-0.39, 0.29) is 23.7 Å². The van der Waals surface area contributed by atoms with Gasteiger partial charge >= 0.3 is 0 Å². The number of phenols is 1. The Bertz CT molecular complexity index is 929. The maximum absolute atomic E-state index is 13.4. The summed E-state index contributed by atoms with van der Waals surface area (Å²) in [7, 11) is 0. The molecule has 0 spiro atoms. The van der Waals surface area contributed by atoms with E-state index < -0.39 is 0 Å². The van der Waals surface area contributed by atoms with E-state index in [1.165, 1.54) is 12.8 Å². The molecule has 2 fully saturated rings. The highest BCUT2D eigenvalue weighted by Gasteiger charge is 2.41. The minimum atomic E-state index is -0.0981. The van der Waals surface area contributed by atoms with Crippen molar-refractivity contribution >= 4 is 5.91 Å². The summed E-state index contributed by atoms with van der Waals surface area (Å²) < 4.78 is 0. The molecule has 158 valence electrons. The first-order valence-electron chi connectivity index (χ1n) is 11.3. The van der Waals surface area contributed by atoms with Crippen molar-refractivity contribution in [1.29, 1.82) is 0 Å². The molecule has 3 heterocycles. The predicted molar refractivity (Wildman–Crippen MR) is 118 cm³/mol. The number of aromatic hydroxyl groups is 1. The van der Waals surface area contributed by atoms with Gasteiger partial charge in [0.1, 0.15) is 5.75 Å². The summed E-state index contributed by atoms with van der Waals surface area (Å²) in [6.45, 7) is 5.21. The van der Waals surface area contributed by atoms with Gasteiger partial charge in [0.05, 0.1) is 6.04 Å². The van der Waals surface area contributed by atoms with Gasteiger partial charge in [0.15, 0.2) is 0 Å². The minimum Gasteiger partial charge on any atom is -0.508 e. The van der Waals surface area contributed by atoms with Crippen molar-refractivity contribution in [1.82, 2.24) is 15.5 Å². The van der Waals surface area contributed by atoms with Gasteiger partial charge in [-0.25, -0.2) is 0 Å². The second-order valence-corrected chi connectivity index (χ2v) is 9.13. The molecule has 5 heteroatoms. The number of carbonyl (C=O) groups is 1. The van der Waals surface area contributed by atoms with Gasteiger partial charge in [-0.15, -0.1) is 0 Å². The zero-order chi connectivity index (χ0) is 20.7. The normalized spacial score (nSPS) is 26.8. The third-order valence-corrected chi connectivity index (χ3v) is 7.26. The fourth-order valence-electron chi connectivity index (χ4n) is 5.73. The van der Waals surface area contributed by atoms with E-state index in [1.807, 2.05) is 43.3 Å². The fourth-order valence-corrected chi connectivity index (χ4v) is 5.73. The van der Waals surface area contributed by atoms with Crippen molar-refractivity contribution in [3.8, 4) is 5.75 Å². The summed E-state index contributed by atoms with van der Waals surface area (Å²) in [4.78, 5) is 15.9. The molecule has 30 heavy (non-hydrogen) atoms. The SMILES string of the molecule is CC(NC(=O)c1cc(O)cc2c1[C@@H]1C[C@@H]3NCCC[C@@H]3CN1CC2)c1ccccc1. The van der Waals surface area contributed by atoms with Crippen LogP contribution in [0.3, 0.4) is 0 Å². The van der Waals surface area contributed by atoms with Gasteiger partial charge in [0.2, 0.25) is 0 Å². The molecule has 0 saturated carbocycles. The lowest BCUT2D eigenvalue weighted by atomic mass is 9.76. The lowest BCUT2D eigenvalue weighted by Gasteiger charge is -2.49. The van der Waals surface area contributed by atoms with Crippen molar-refractivity contribution < 1.29 is 9.90 Å². The molecule has 3 N–H and O–H groups in total. The molecule has 0 aromatic heterocycles. The molecule has 0 aliphatic carbocycles. The number of fused-ring (bicyclic) bond motifs is 4. The van der Waals surface area contributed by atoms with E-state index in [1.54, 1.807) is 6.07 Å². The molecule has 1 amide bonds. The Morgan fingerprint density at radius 3 is 2.93 bits per heavy atom. The van der Waals surface area contributed by atoms with Crippen molar-refractivity contribution in [2.75, 3.05) is 19.6 Å². The van der Waals surface area contributed by atoms with Gasteiger partial charge in [-0.2, -0.15) is 0 Å². The first kappa shape index (κ1) is 19.6. The van der Waals surface area contributed by atoms with E-state index in [0.29, 0.717) is 17.5 Å². The van der Waals surface area contributed by atoms with Crippen molar-refractivity contribution in [2.45, 2.75) is 50.7 Å². The van der Waals surface area contributed by atoms with Crippen molar-refractivity contribution in [3.05, 3.63) is 64.7 Å². The summed E-state index contributed by atoms with van der Waals surface area (Å²) >= 11 is 0. The first-order chi connectivity index (χ1) is 14.6. The lowest BCUT2D eigenvalue weighted by Crippen LogP contribution is -2.55. The monoisotopic (exact) mass is 405 g/mol. The summed E-state index contributed by atoms with van der Waals surface area (Å²) in [6, 6.07) is 14.2. The zero-order valence-corrected chi connectivity index (χ0v) is 17.6. The van der Waals surface area contributed by atoms with Crippen LogP contribution in [0.15, 0.2) is 42.5 Å². The summed E-state index contributed by atoms with van der Waals surface area (Å²) in [5, 5.41) is 17.2. The van der Waals surface area contributed by atoms with E-state index in [9.17, 15) is 9.90 Å². The molecule has 1 unspecified atom stereocenters. The number of piperidine rings is 2. The minimum absolute atomic E-state index is 0.0906. The van der Waals surface area contributed by atoms with Gasteiger partial charge in [-0.1, -0.05) is 30.3 Å². The fraction of sp³-hybridized carbons (Fsp3) is 0.480. The molecule has 0 bridgehead atoms. The Kier molecular flexibility index (Phi) is 5.25. The van der Waals surface area contributed by atoms with Crippen molar-refractivity contribution in [3.63, 3.8) is 0 Å². The first-order valence-corrected chi connectivity index (χ1v) is 11.3. The van der Waals surface area contributed by atoms with Crippen LogP contribution in [0, 0.1) is 5.92 Å². The maximum atomic E-state index is 13.4. The zero-order valence-electron chi connectivity index (χ0n) is 17.6. The standard InChI is InChI=1S/C25H31N3O2/c1-16(17-6-3-2-4-7-17)27-25(30)21-13-20(29)12-18-9-11-28-15-19-8-5-10-26-22(19)14-23(28)24(18)21/h2-4,6-7,12-13,16,19,22-23,26,29H,5,8-11,14-15H2,1H3,(H,27,30)/t16?,19-,22+,23+/m1/s1. The number of carbonyl (C=O) groups excluding carboxylic acids is 1. The average molecular weight is 406 g/mol. The van der Waals surface area contributed by atoms with E-state index >= 15 is 0 Å². The average Bonchev–Trinajstić information content (AvgIpc) is 2.77. The van der Waals surface area contributed by atoms with Crippen LogP contribution in [0.1, 0.15) is 65.3 Å². The Morgan fingerprint density at radius 1 is 1.27 bits per heavy atom. The number of nitrogens with one attached hydrogen (secondary N) is 2. The Labute approximate surface area is 178 Å². The molecule has 4 atom stereocenters. The number of amides is 1. The summed E-state index contributed by atoms with van der Waals surface area (Å²) in [5.41, 5.74) is 3.97. The lowest BCUT2D eigenvalue weighted by molar-refractivity contribution is 0.0542. The third-order valence-electron chi connectivity index (χ3n) is 7.26. The van der Waals surface area contributed by atoms with E-state index in [0.717, 1.165) is 49.2 Å². The molecule has 0 radical (unpaired) electrons. The number of phenolic OH excluding ortho intramolecular Hbond substituents is 1. The Morgan fingerprint density at radius 2 is 2.10 bits per heavy atom. The van der Waals surface area contributed by atoms with Crippen LogP contribution < -0.4 is 10.6 Å². The molecule has 3 aliphatic heterocycles. The summed E-state index contributed by atoms with van der Waals surface area (Å²) in [5.74, 6) is 0.798. The van der Waals surface area contributed by atoms with Gasteiger partial charge in [0, 0.05) is 30.7 Å².